The quantitative estimate of drug-likeness (QED) is 0.0609. The summed E-state index contributed by atoms with van der Waals surface area (Å²) in [5, 5.41) is 4.25. The molecule has 1 amide bonds. The van der Waals surface area contributed by atoms with Crippen LogP contribution in [0.15, 0.2) is 30.3 Å². The summed E-state index contributed by atoms with van der Waals surface area (Å²) in [5.74, 6) is -65.6. The van der Waals surface area contributed by atoms with Gasteiger partial charge in [0.05, 0.1) is 14.7 Å². The Hall–Kier alpha value is -3.59. The van der Waals surface area contributed by atoms with Crippen LogP contribution in [0, 0.1) is 17.8 Å². The lowest BCUT2D eigenvalue weighted by molar-refractivity contribution is -0.461. The van der Waals surface area contributed by atoms with Gasteiger partial charge in [0.15, 0.2) is 0 Å². The monoisotopic (exact) mass is 992 g/mol. The molecule has 0 bridgehead atoms. The minimum Gasteiger partial charge on any atom is -0.464 e. The van der Waals surface area contributed by atoms with Crippen molar-refractivity contribution in [3.05, 3.63) is 35.9 Å². The van der Waals surface area contributed by atoms with Crippen LogP contribution in [-0.2, 0) is 30.5 Å². The van der Waals surface area contributed by atoms with Gasteiger partial charge in [0.25, 0.3) is 0 Å². The maximum atomic E-state index is 14.4. The van der Waals surface area contributed by atoms with Crippen molar-refractivity contribution in [2.45, 2.75) is 138 Å². The molecule has 0 saturated carbocycles. The fraction of sp³-hybridized carbons (Fsp3) is 0.750. The van der Waals surface area contributed by atoms with Crippen LogP contribution in [0.1, 0.15) is 46.1 Å². The number of ether oxygens (including phenoxy) is 2. The van der Waals surface area contributed by atoms with Gasteiger partial charge >= 0.3 is 65.7 Å². The third-order valence-electron chi connectivity index (χ3n) is 9.77. The molecule has 0 aliphatic heterocycles. The molecule has 0 heterocycles. The summed E-state index contributed by atoms with van der Waals surface area (Å²) in [5.41, 5.74) is 0.566. The van der Waals surface area contributed by atoms with Crippen LogP contribution in [0.3, 0.4) is 0 Å². The second-order valence-electron chi connectivity index (χ2n) is 16.1. The number of alkyl halides is 20. The minimum atomic E-state index is -8.74. The van der Waals surface area contributed by atoms with E-state index in [9.17, 15) is 102 Å². The topological polar surface area (TPSA) is 93.7 Å². The van der Waals surface area contributed by atoms with E-state index in [0.29, 0.717) is 5.56 Å². The fourth-order valence-electron chi connectivity index (χ4n) is 5.55. The maximum Gasteiger partial charge on any atom is 0.460 e. The Morgan fingerprint density at radius 1 is 0.594 bits per heavy atom. The van der Waals surface area contributed by atoms with Crippen molar-refractivity contribution < 1.29 is 112 Å². The number of rotatable bonds is 24. The second-order valence-corrected chi connectivity index (χ2v) is 21.5. The molecule has 28 heteroatoms. The zero-order valence-electron chi connectivity index (χ0n) is 34.3. The van der Waals surface area contributed by atoms with Gasteiger partial charge in [-0.05, 0) is 29.9 Å². The van der Waals surface area contributed by atoms with Gasteiger partial charge in [-0.15, -0.1) is 0 Å². The molecule has 1 aromatic rings. The predicted octanol–water partition coefficient (Wildman–Crippen LogP) is 10.7. The summed E-state index contributed by atoms with van der Waals surface area (Å²) in [6.07, 6.45) is -17.1. The summed E-state index contributed by atoms with van der Waals surface area (Å²) < 4.78 is 283. The summed E-state index contributed by atoms with van der Waals surface area (Å²) in [4.78, 5) is 38.5. The van der Waals surface area contributed by atoms with Crippen LogP contribution in [0.4, 0.5) is 87.8 Å². The Labute approximate surface area is 353 Å². The molecule has 0 aliphatic rings. The Balaban J connectivity index is 3.01. The average molecular weight is 993 g/mol. The molecular weight excluding hydrogens is 948 g/mol. The Kier molecular flexibility index (Phi) is 18.7. The van der Waals surface area contributed by atoms with Crippen LogP contribution in [-0.4, -0.2) is 105 Å². The Morgan fingerprint density at radius 2 is 1.03 bits per heavy atom. The molecular formula is C36H44F20N2O5Si. The smallest absolute Gasteiger partial charge is 0.460 e. The molecule has 372 valence electrons. The van der Waals surface area contributed by atoms with E-state index in [0.717, 1.165) is 0 Å². The largest absolute Gasteiger partial charge is 0.464 e. The molecule has 0 aliphatic carbocycles. The SMILES string of the molecule is CC(C)[C@H](NC[C@H](C(=O)N[C@H](C(=O)OCC[Si](C)(C)CCCC(F)(F)C(F)(F)C(F)(F)C(F)(F)C(F)(F)C(F)(F)C(F)(F)C(F)(F)F)C(C)C)C(F)(F)F)C(=O)OCc1ccccc1. The molecule has 1 rings (SSSR count). The average Bonchev–Trinajstić information content (AvgIpc) is 3.12. The van der Waals surface area contributed by atoms with E-state index in [-0.39, 0.29) is 12.7 Å². The van der Waals surface area contributed by atoms with Gasteiger partial charge in [-0.1, -0.05) is 77.2 Å². The molecule has 2 N–H and O–H groups in total. The van der Waals surface area contributed by atoms with Crippen molar-refractivity contribution in [3.63, 3.8) is 0 Å². The lowest BCUT2D eigenvalue weighted by Crippen LogP contribution is -2.74. The van der Waals surface area contributed by atoms with E-state index < -0.39 is 142 Å². The Bertz CT molecular complexity index is 1710. The van der Waals surface area contributed by atoms with Gasteiger partial charge in [-0.25, -0.2) is 4.79 Å². The first-order valence-corrected chi connectivity index (χ1v) is 22.1. The number of amides is 1. The lowest BCUT2D eigenvalue weighted by Gasteiger charge is -2.42. The minimum absolute atomic E-state index is 0.221. The number of esters is 2. The number of hydrogen-bond acceptors (Lipinski definition) is 6. The van der Waals surface area contributed by atoms with Crippen molar-refractivity contribution in [1.82, 2.24) is 10.6 Å². The standard InChI is InChI=1S/C36H44F20N2O5Si/c1-19(2)23(26(60)63-18-21-11-8-7-9-12-21)57-17-22(29(39,40)41)25(59)58-24(20(3)4)27(61)62-14-16-64(5,6)15-10-13-28(37,38)30(42,43)31(44,45)32(46,47)33(48,49)34(50,51)35(52,53)36(54,55)56/h7-9,11-12,19-20,22-24,57H,10,13-18H2,1-6H3,(H,58,59)/t22-,23+,24+/m1/s1. The van der Waals surface area contributed by atoms with Crippen molar-refractivity contribution in [1.29, 1.82) is 0 Å². The maximum absolute atomic E-state index is 14.4. The highest BCUT2D eigenvalue weighted by Gasteiger charge is 2.95. The number of nitrogens with one attached hydrogen (secondary N) is 2. The van der Waals surface area contributed by atoms with E-state index in [1.807, 2.05) is 5.32 Å². The number of benzene rings is 1. The van der Waals surface area contributed by atoms with Crippen LogP contribution < -0.4 is 10.6 Å². The van der Waals surface area contributed by atoms with Gasteiger partial charge in [-0.3, -0.25) is 9.59 Å². The lowest BCUT2D eigenvalue weighted by atomic mass is 9.88. The van der Waals surface area contributed by atoms with Gasteiger partial charge in [-0.2, -0.15) is 87.8 Å². The van der Waals surface area contributed by atoms with Crippen molar-refractivity contribution in [2.75, 3.05) is 13.2 Å². The third kappa shape index (κ3) is 12.8. The van der Waals surface area contributed by atoms with E-state index in [4.69, 9.17) is 9.47 Å². The highest BCUT2D eigenvalue weighted by Crippen LogP contribution is 2.64. The van der Waals surface area contributed by atoms with Crippen LogP contribution >= 0.6 is 0 Å². The van der Waals surface area contributed by atoms with Crippen LogP contribution in [0.25, 0.3) is 0 Å². The molecule has 7 nitrogen and oxygen atoms in total. The molecule has 1 aromatic carbocycles. The van der Waals surface area contributed by atoms with E-state index in [1.165, 1.54) is 40.8 Å². The van der Waals surface area contributed by atoms with Crippen LogP contribution in [0.5, 0.6) is 0 Å². The highest BCUT2D eigenvalue weighted by atomic mass is 28.3. The Morgan fingerprint density at radius 3 is 1.47 bits per heavy atom. The molecule has 0 fully saturated rings. The van der Waals surface area contributed by atoms with Gasteiger partial charge in [0.1, 0.15) is 24.6 Å². The molecule has 0 spiro atoms. The first-order valence-electron chi connectivity index (χ1n) is 18.7. The summed E-state index contributed by atoms with van der Waals surface area (Å²) in [6, 6.07) is 4.03. The first kappa shape index (κ1) is 58.4. The zero-order chi connectivity index (χ0) is 50.5. The summed E-state index contributed by atoms with van der Waals surface area (Å²) in [7, 11) is -3.19. The summed E-state index contributed by atoms with van der Waals surface area (Å²) in [6.45, 7) is 5.86. The molecule has 0 aromatic heterocycles. The molecule has 64 heavy (non-hydrogen) atoms. The van der Waals surface area contributed by atoms with E-state index in [2.05, 4.69) is 5.32 Å². The van der Waals surface area contributed by atoms with Crippen LogP contribution in [0.2, 0.25) is 25.2 Å². The third-order valence-corrected chi connectivity index (χ3v) is 13.0. The molecule has 0 saturated heterocycles. The number of carbonyl (C=O) groups excluding carboxylic acids is 3. The van der Waals surface area contributed by atoms with Crippen molar-refractivity contribution in [2.24, 2.45) is 17.8 Å². The van der Waals surface area contributed by atoms with E-state index in [1.54, 1.807) is 30.3 Å². The zero-order valence-corrected chi connectivity index (χ0v) is 35.3. The molecule has 0 radical (unpaired) electrons. The number of hydrogen-bond donors (Lipinski definition) is 2. The molecule has 3 atom stereocenters. The first-order chi connectivity index (χ1) is 28.5. The fourth-order valence-corrected chi connectivity index (χ4v) is 7.59. The van der Waals surface area contributed by atoms with Crippen molar-refractivity contribution >= 4 is 25.9 Å². The predicted molar refractivity (Wildman–Crippen MR) is 187 cm³/mol. The normalized spacial score (nSPS) is 15.8. The van der Waals surface area contributed by atoms with Crippen molar-refractivity contribution in [3.8, 4) is 0 Å². The van der Waals surface area contributed by atoms with Gasteiger partial charge in [0.2, 0.25) is 5.91 Å². The highest BCUT2D eigenvalue weighted by molar-refractivity contribution is 6.77. The molecule has 0 unspecified atom stereocenters. The van der Waals surface area contributed by atoms with E-state index >= 15 is 0 Å². The number of halogens is 20. The van der Waals surface area contributed by atoms with Gasteiger partial charge < -0.3 is 20.1 Å². The second kappa shape index (κ2) is 20.5. The summed E-state index contributed by atoms with van der Waals surface area (Å²) >= 11 is 0. The number of carbonyl (C=O) groups is 3. The van der Waals surface area contributed by atoms with Gasteiger partial charge in [0, 0.05) is 13.0 Å².